The topological polar surface area (TPSA) is 64.8 Å². The first kappa shape index (κ1) is 28.5. The summed E-state index contributed by atoms with van der Waals surface area (Å²) in [5, 5.41) is 5.76. The van der Waals surface area contributed by atoms with E-state index in [1.54, 1.807) is 30.3 Å². The Balaban J connectivity index is 1.23. The predicted octanol–water partition coefficient (Wildman–Crippen LogP) is 8.54. The molecular weight excluding hydrogens is 595 g/mol. The molecule has 42 heavy (non-hydrogen) atoms. The number of hydrogen-bond donors (Lipinski definition) is 0. The summed E-state index contributed by atoms with van der Waals surface area (Å²) >= 11 is 19.6. The second-order valence-electron chi connectivity index (χ2n) is 10.4. The lowest BCUT2D eigenvalue weighted by molar-refractivity contribution is 0.0600. The van der Waals surface area contributed by atoms with Gasteiger partial charge in [-0.25, -0.2) is 4.79 Å². The van der Waals surface area contributed by atoms with Gasteiger partial charge >= 0.3 is 5.97 Å². The van der Waals surface area contributed by atoms with Gasteiger partial charge in [0, 0.05) is 47.5 Å². The van der Waals surface area contributed by atoms with Crippen LogP contribution in [-0.2, 0) is 11.3 Å². The van der Waals surface area contributed by atoms with Crippen molar-refractivity contribution in [2.75, 3.05) is 25.1 Å². The monoisotopic (exact) mass is 620 g/mol. The van der Waals surface area contributed by atoms with Crippen LogP contribution in [-0.4, -0.2) is 31.3 Å². The minimum atomic E-state index is -0.392. The SMILES string of the molecule is COC(=O)c1cc(C#Cc2ccc(OCc3c(-c4c(Cl)cccc4Cl)noc3C3CC3)cc2Cl)cc(N2CCCC2)c1. The number of rotatable bonds is 7. The van der Waals surface area contributed by atoms with Gasteiger partial charge in [-0.3, -0.25) is 0 Å². The predicted molar refractivity (Wildman–Crippen MR) is 165 cm³/mol. The number of halogens is 3. The Morgan fingerprint density at radius 2 is 1.76 bits per heavy atom. The lowest BCUT2D eigenvalue weighted by atomic mass is 10.0. The molecular formula is C33H27Cl3N2O4. The van der Waals surface area contributed by atoms with Crippen LogP contribution in [0.5, 0.6) is 5.75 Å². The van der Waals surface area contributed by atoms with Crippen molar-refractivity contribution in [1.82, 2.24) is 5.16 Å². The fraction of sp³-hybridized carbons (Fsp3) is 0.273. The lowest BCUT2D eigenvalue weighted by Crippen LogP contribution is -2.18. The third-order valence-corrected chi connectivity index (χ3v) is 8.38. The number of carbonyl (C=O) groups excluding carboxylic acids is 1. The van der Waals surface area contributed by atoms with Crippen molar-refractivity contribution in [2.45, 2.75) is 38.2 Å². The molecule has 0 spiro atoms. The maximum Gasteiger partial charge on any atom is 0.337 e. The van der Waals surface area contributed by atoms with E-state index in [4.69, 9.17) is 48.8 Å². The Kier molecular flexibility index (Phi) is 8.35. The van der Waals surface area contributed by atoms with Crippen molar-refractivity contribution in [2.24, 2.45) is 0 Å². The summed E-state index contributed by atoms with van der Waals surface area (Å²) in [6, 6.07) is 16.3. The van der Waals surface area contributed by atoms with Crippen LogP contribution in [0, 0.1) is 11.8 Å². The summed E-state index contributed by atoms with van der Waals surface area (Å²) in [7, 11) is 1.38. The van der Waals surface area contributed by atoms with Crippen molar-refractivity contribution in [3.63, 3.8) is 0 Å². The Labute approximate surface area is 259 Å². The molecule has 0 unspecified atom stereocenters. The van der Waals surface area contributed by atoms with Gasteiger partial charge < -0.3 is 18.9 Å². The number of aromatic nitrogens is 1. The Hall–Kier alpha value is -3.63. The van der Waals surface area contributed by atoms with E-state index in [1.807, 2.05) is 24.3 Å². The van der Waals surface area contributed by atoms with E-state index in [2.05, 4.69) is 21.9 Å². The Morgan fingerprint density at radius 3 is 2.45 bits per heavy atom. The summed E-state index contributed by atoms with van der Waals surface area (Å²) in [5.41, 5.74) is 4.83. The summed E-state index contributed by atoms with van der Waals surface area (Å²) in [6.45, 7) is 2.12. The average Bonchev–Trinajstić information content (AvgIpc) is 3.51. The molecule has 214 valence electrons. The molecule has 0 N–H and O–H groups in total. The minimum absolute atomic E-state index is 0.215. The van der Waals surface area contributed by atoms with E-state index in [1.165, 1.54) is 7.11 Å². The highest BCUT2D eigenvalue weighted by molar-refractivity contribution is 6.39. The molecule has 1 saturated heterocycles. The molecule has 0 bridgehead atoms. The van der Waals surface area contributed by atoms with Gasteiger partial charge in [0.2, 0.25) is 0 Å². The largest absolute Gasteiger partial charge is 0.489 e. The van der Waals surface area contributed by atoms with Gasteiger partial charge in [-0.05, 0) is 68.1 Å². The van der Waals surface area contributed by atoms with E-state index < -0.39 is 5.97 Å². The smallest absolute Gasteiger partial charge is 0.337 e. The molecule has 0 atom stereocenters. The molecule has 1 aliphatic carbocycles. The number of carbonyl (C=O) groups is 1. The maximum absolute atomic E-state index is 12.3. The van der Waals surface area contributed by atoms with Gasteiger partial charge in [-0.2, -0.15) is 0 Å². The maximum atomic E-state index is 12.3. The second-order valence-corrected chi connectivity index (χ2v) is 11.6. The molecule has 6 rings (SSSR count). The fourth-order valence-electron chi connectivity index (χ4n) is 5.11. The number of ether oxygens (including phenoxy) is 2. The Bertz CT molecular complexity index is 1690. The third-order valence-electron chi connectivity index (χ3n) is 7.44. The molecule has 9 heteroatoms. The zero-order valence-electron chi connectivity index (χ0n) is 22.9. The molecule has 4 aromatic rings. The summed E-state index contributed by atoms with van der Waals surface area (Å²) < 4.78 is 16.9. The van der Waals surface area contributed by atoms with Crippen molar-refractivity contribution in [3.05, 3.63) is 97.7 Å². The van der Waals surface area contributed by atoms with E-state index >= 15 is 0 Å². The molecule has 1 aliphatic heterocycles. The number of benzene rings is 3. The molecule has 1 saturated carbocycles. The van der Waals surface area contributed by atoms with Crippen LogP contribution >= 0.6 is 34.8 Å². The summed E-state index contributed by atoms with van der Waals surface area (Å²) in [4.78, 5) is 14.6. The molecule has 2 aliphatic rings. The third kappa shape index (κ3) is 6.10. The first-order valence-corrected chi connectivity index (χ1v) is 14.9. The van der Waals surface area contributed by atoms with E-state index in [0.717, 1.165) is 55.8 Å². The van der Waals surface area contributed by atoms with Crippen molar-refractivity contribution < 1.29 is 18.8 Å². The summed E-state index contributed by atoms with van der Waals surface area (Å²) in [5.74, 6) is 7.61. The highest BCUT2D eigenvalue weighted by Gasteiger charge is 2.33. The van der Waals surface area contributed by atoms with Crippen molar-refractivity contribution >= 4 is 46.5 Å². The number of hydrogen-bond acceptors (Lipinski definition) is 6. The lowest BCUT2D eigenvalue weighted by Gasteiger charge is -2.18. The van der Waals surface area contributed by atoms with Crippen LogP contribution in [0.4, 0.5) is 5.69 Å². The standard InChI is InChI=1S/C33H27Cl3N2O4/c1-40-33(39)23-15-20(16-24(17-23)38-13-2-3-14-38)7-8-21-11-12-25(18-29(21)36)41-19-26-31(37-42-32(26)22-9-10-22)30-27(34)5-4-6-28(30)35/h4-6,11-12,15-18,22H,2-3,9-10,13-14,19H2,1H3. The van der Waals surface area contributed by atoms with Gasteiger partial charge in [-0.1, -0.05) is 57.9 Å². The molecule has 0 radical (unpaired) electrons. The van der Waals surface area contributed by atoms with Gasteiger partial charge in [0.05, 0.1) is 33.3 Å². The molecule has 3 aromatic carbocycles. The second kappa shape index (κ2) is 12.3. The van der Waals surface area contributed by atoms with Crippen LogP contribution in [0.3, 0.4) is 0 Å². The van der Waals surface area contributed by atoms with Gasteiger partial charge in [0.15, 0.2) is 0 Å². The van der Waals surface area contributed by atoms with Crippen LogP contribution < -0.4 is 9.64 Å². The average molecular weight is 622 g/mol. The number of methoxy groups -OCH3 is 1. The van der Waals surface area contributed by atoms with Gasteiger partial charge in [0.1, 0.15) is 23.8 Å². The first-order valence-electron chi connectivity index (χ1n) is 13.8. The number of esters is 1. The highest BCUT2D eigenvalue weighted by Crippen LogP contribution is 2.46. The zero-order valence-corrected chi connectivity index (χ0v) is 25.2. The number of nitrogens with zero attached hydrogens (tertiary/aromatic N) is 2. The zero-order chi connectivity index (χ0) is 29.2. The quantitative estimate of drug-likeness (QED) is 0.152. The van der Waals surface area contributed by atoms with E-state index in [-0.39, 0.29) is 6.61 Å². The van der Waals surface area contributed by atoms with Crippen LogP contribution in [0.15, 0.2) is 59.1 Å². The fourth-order valence-corrected chi connectivity index (χ4v) is 5.90. The molecule has 6 nitrogen and oxygen atoms in total. The van der Waals surface area contributed by atoms with Gasteiger partial charge in [0.25, 0.3) is 0 Å². The molecule has 2 fully saturated rings. The highest BCUT2D eigenvalue weighted by atomic mass is 35.5. The van der Waals surface area contributed by atoms with Crippen molar-refractivity contribution in [1.29, 1.82) is 0 Å². The molecule has 0 amide bonds. The van der Waals surface area contributed by atoms with Gasteiger partial charge in [-0.15, -0.1) is 0 Å². The normalized spacial score (nSPS) is 14.4. The van der Waals surface area contributed by atoms with E-state index in [0.29, 0.717) is 54.7 Å². The van der Waals surface area contributed by atoms with Crippen LogP contribution in [0.25, 0.3) is 11.3 Å². The molecule has 1 aromatic heterocycles. The Morgan fingerprint density at radius 1 is 1.00 bits per heavy atom. The minimum Gasteiger partial charge on any atom is -0.489 e. The summed E-state index contributed by atoms with van der Waals surface area (Å²) in [6.07, 6.45) is 4.33. The van der Waals surface area contributed by atoms with Crippen LogP contribution in [0.2, 0.25) is 15.1 Å². The molecule has 2 heterocycles. The number of anilines is 1. The van der Waals surface area contributed by atoms with Crippen molar-refractivity contribution in [3.8, 4) is 28.8 Å². The van der Waals surface area contributed by atoms with Crippen LogP contribution in [0.1, 0.15) is 64.4 Å². The first-order chi connectivity index (χ1) is 20.4. The van der Waals surface area contributed by atoms with E-state index in [9.17, 15) is 4.79 Å².